The van der Waals surface area contributed by atoms with E-state index in [1.165, 1.54) is 0 Å². The molecule has 0 saturated carbocycles. The molecule has 4 rings (SSSR count). The molecule has 0 atom stereocenters. The Labute approximate surface area is 204 Å². The van der Waals surface area contributed by atoms with Crippen LogP contribution in [0.25, 0.3) is 22.2 Å². The van der Waals surface area contributed by atoms with Gasteiger partial charge in [0.15, 0.2) is 0 Å². The molecule has 0 aliphatic heterocycles. The molecule has 0 radical (unpaired) electrons. The number of aromatic amines is 1. The largest absolute Gasteiger partial charge is 0.497 e. The number of aromatic nitrogens is 1. The highest BCUT2D eigenvalue weighted by Gasteiger charge is 2.15. The second-order valence-corrected chi connectivity index (χ2v) is 8.15. The number of hydrogen-bond acceptors (Lipinski definition) is 4. The zero-order valence-electron chi connectivity index (χ0n) is 19.9. The molecular formula is C28H29N3O4. The summed E-state index contributed by atoms with van der Waals surface area (Å²) in [4.78, 5) is 28.2. The van der Waals surface area contributed by atoms with Gasteiger partial charge in [0.1, 0.15) is 11.5 Å². The topological polar surface area (TPSA) is 92.5 Å². The van der Waals surface area contributed by atoms with E-state index in [9.17, 15) is 9.59 Å². The Morgan fingerprint density at radius 1 is 0.800 bits per heavy atom. The number of aryl methyl sites for hydroxylation is 1. The van der Waals surface area contributed by atoms with Crippen LogP contribution in [0.15, 0.2) is 72.8 Å². The lowest BCUT2D eigenvalue weighted by molar-refractivity contribution is -0.126. The maximum absolute atomic E-state index is 12.5. The van der Waals surface area contributed by atoms with Gasteiger partial charge in [0.05, 0.1) is 20.8 Å². The highest BCUT2D eigenvalue weighted by atomic mass is 16.5. The van der Waals surface area contributed by atoms with Gasteiger partial charge in [0.25, 0.3) is 0 Å². The van der Waals surface area contributed by atoms with Crippen LogP contribution >= 0.6 is 0 Å². The van der Waals surface area contributed by atoms with Crippen LogP contribution in [0.3, 0.4) is 0 Å². The molecule has 0 fully saturated rings. The number of nitrogens with one attached hydrogen (secondary N) is 3. The summed E-state index contributed by atoms with van der Waals surface area (Å²) in [7, 11) is 3.25. The van der Waals surface area contributed by atoms with Crippen molar-refractivity contribution in [1.82, 2.24) is 15.6 Å². The molecule has 0 bridgehead atoms. The molecule has 3 aromatic carbocycles. The van der Waals surface area contributed by atoms with Crippen LogP contribution in [0.4, 0.5) is 0 Å². The van der Waals surface area contributed by atoms with Gasteiger partial charge in [0.2, 0.25) is 11.8 Å². The minimum Gasteiger partial charge on any atom is -0.497 e. The molecular weight excluding hydrogens is 442 g/mol. The van der Waals surface area contributed by atoms with Crippen molar-refractivity contribution >= 4 is 22.7 Å². The first-order valence-electron chi connectivity index (χ1n) is 11.5. The Bertz CT molecular complexity index is 1290. The summed E-state index contributed by atoms with van der Waals surface area (Å²) in [6, 6.07) is 23.4. The van der Waals surface area contributed by atoms with Crippen molar-refractivity contribution < 1.29 is 19.1 Å². The lowest BCUT2D eigenvalue weighted by Gasteiger charge is -2.09. The maximum Gasteiger partial charge on any atom is 0.239 e. The molecule has 3 N–H and O–H groups in total. The van der Waals surface area contributed by atoms with E-state index in [1.54, 1.807) is 14.2 Å². The fourth-order valence-corrected chi connectivity index (χ4v) is 3.98. The number of carbonyl (C=O) groups excluding carboxylic acids is 2. The van der Waals surface area contributed by atoms with Crippen LogP contribution in [0.2, 0.25) is 0 Å². The second kappa shape index (κ2) is 11.2. The standard InChI is InChI=1S/C28H29N3O4/c1-34-21-11-7-19(8-12-21)17-29-27(33)18-30-26(32)16-15-24-23-5-3-4-6-25(23)31-28(24)20-9-13-22(35-2)14-10-20/h3-14,31H,15-18H2,1-2H3,(H,29,33)(H,30,32). The first-order chi connectivity index (χ1) is 17.1. The van der Waals surface area contributed by atoms with Crippen molar-refractivity contribution in [1.29, 1.82) is 0 Å². The maximum atomic E-state index is 12.5. The van der Waals surface area contributed by atoms with Gasteiger partial charge in [-0.05, 0) is 65.6 Å². The average Bonchev–Trinajstić information content (AvgIpc) is 3.28. The molecule has 0 spiro atoms. The summed E-state index contributed by atoms with van der Waals surface area (Å²) >= 11 is 0. The zero-order valence-corrected chi connectivity index (χ0v) is 19.9. The Morgan fingerprint density at radius 3 is 2.14 bits per heavy atom. The van der Waals surface area contributed by atoms with Crippen LogP contribution in [-0.2, 0) is 22.6 Å². The van der Waals surface area contributed by atoms with E-state index in [-0.39, 0.29) is 24.8 Å². The predicted octanol–water partition coefficient (Wildman–Crippen LogP) is 4.22. The van der Waals surface area contributed by atoms with Gasteiger partial charge in [-0.3, -0.25) is 9.59 Å². The fourth-order valence-electron chi connectivity index (χ4n) is 3.98. The highest BCUT2D eigenvalue weighted by molar-refractivity contribution is 5.92. The molecule has 0 unspecified atom stereocenters. The van der Waals surface area contributed by atoms with Crippen LogP contribution in [0.1, 0.15) is 17.5 Å². The summed E-state index contributed by atoms with van der Waals surface area (Å²) in [6.45, 7) is 0.327. The Balaban J connectivity index is 1.34. The van der Waals surface area contributed by atoms with Crippen LogP contribution < -0.4 is 20.1 Å². The second-order valence-electron chi connectivity index (χ2n) is 8.15. The van der Waals surface area contributed by atoms with E-state index in [0.717, 1.165) is 44.8 Å². The van der Waals surface area contributed by atoms with Gasteiger partial charge < -0.3 is 25.1 Å². The summed E-state index contributed by atoms with van der Waals surface area (Å²) < 4.78 is 10.4. The third-order valence-electron chi connectivity index (χ3n) is 5.89. The van der Waals surface area contributed by atoms with Crippen molar-refractivity contribution in [2.45, 2.75) is 19.4 Å². The molecule has 0 aliphatic rings. The third kappa shape index (κ3) is 6.00. The van der Waals surface area contributed by atoms with E-state index < -0.39 is 0 Å². The van der Waals surface area contributed by atoms with Crippen molar-refractivity contribution in [2.75, 3.05) is 20.8 Å². The minimum atomic E-state index is -0.236. The molecule has 1 aromatic heterocycles. The van der Waals surface area contributed by atoms with Crippen molar-refractivity contribution in [3.63, 3.8) is 0 Å². The quantitative estimate of drug-likeness (QED) is 0.323. The lowest BCUT2D eigenvalue weighted by atomic mass is 10.0. The molecule has 180 valence electrons. The average molecular weight is 472 g/mol. The number of amides is 2. The van der Waals surface area contributed by atoms with Crippen molar-refractivity contribution in [3.8, 4) is 22.8 Å². The molecule has 0 saturated heterocycles. The zero-order chi connectivity index (χ0) is 24.6. The fraction of sp³-hybridized carbons (Fsp3) is 0.214. The first-order valence-corrected chi connectivity index (χ1v) is 11.5. The van der Waals surface area contributed by atoms with Gasteiger partial charge in [-0.2, -0.15) is 0 Å². The van der Waals surface area contributed by atoms with E-state index in [2.05, 4.69) is 21.7 Å². The lowest BCUT2D eigenvalue weighted by Crippen LogP contribution is -2.36. The number of methoxy groups -OCH3 is 2. The van der Waals surface area contributed by atoms with Gasteiger partial charge in [-0.25, -0.2) is 0 Å². The van der Waals surface area contributed by atoms with Crippen LogP contribution in [-0.4, -0.2) is 37.6 Å². The Kier molecular flexibility index (Phi) is 7.67. The van der Waals surface area contributed by atoms with Gasteiger partial charge >= 0.3 is 0 Å². The SMILES string of the molecule is COc1ccc(CNC(=O)CNC(=O)CCc2c(-c3ccc(OC)cc3)[nH]c3ccccc23)cc1. The van der Waals surface area contributed by atoms with Crippen LogP contribution in [0.5, 0.6) is 11.5 Å². The van der Waals surface area contributed by atoms with E-state index in [4.69, 9.17) is 9.47 Å². The Morgan fingerprint density at radius 2 is 1.46 bits per heavy atom. The van der Waals surface area contributed by atoms with Gasteiger partial charge in [0, 0.05) is 29.6 Å². The van der Waals surface area contributed by atoms with E-state index >= 15 is 0 Å². The summed E-state index contributed by atoms with van der Waals surface area (Å²) in [5, 5.41) is 6.63. The molecule has 0 aliphatic carbocycles. The number of ether oxygens (including phenoxy) is 2. The summed E-state index contributed by atoms with van der Waals surface area (Å²) in [6.07, 6.45) is 0.821. The number of benzene rings is 3. The summed E-state index contributed by atoms with van der Waals surface area (Å²) in [5.74, 6) is 1.14. The smallest absolute Gasteiger partial charge is 0.239 e. The number of hydrogen-bond donors (Lipinski definition) is 3. The van der Waals surface area contributed by atoms with Crippen molar-refractivity contribution in [3.05, 3.63) is 83.9 Å². The van der Waals surface area contributed by atoms with Gasteiger partial charge in [-0.15, -0.1) is 0 Å². The number of H-pyrrole nitrogens is 1. The van der Waals surface area contributed by atoms with E-state index in [0.29, 0.717) is 13.0 Å². The van der Waals surface area contributed by atoms with E-state index in [1.807, 2.05) is 66.7 Å². The third-order valence-corrected chi connectivity index (χ3v) is 5.89. The van der Waals surface area contributed by atoms with Crippen molar-refractivity contribution in [2.24, 2.45) is 0 Å². The Hall–Kier alpha value is -4.26. The van der Waals surface area contributed by atoms with Crippen LogP contribution in [0, 0.1) is 0 Å². The first kappa shape index (κ1) is 23.9. The normalized spacial score (nSPS) is 10.7. The predicted molar refractivity (Wildman–Crippen MR) is 136 cm³/mol. The molecule has 2 amide bonds. The number of para-hydroxylation sites is 1. The van der Waals surface area contributed by atoms with Gasteiger partial charge in [-0.1, -0.05) is 30.3 Å². The minimum absolute atomic E-state index is 0.0613. The molecule has 35 heavy (non-hydrogen) atoms. The number of fused-ring (bicyclic) bond motifs is 1. The summed E-state index contributed by atoms with van der Waals surface area (Å²) in [5.41, 5.74) is 5.06. The molecule has 7 nitrogen and oxygen atoms in total. The number of rotatable bonds is 10. The monoisotopic (exact) mass is 471 g/mol. The molecule has 1 heterocycles. The number of carbonyl (C=O) groups is 2. The molecule has 4 aromatic rings. The highest BCUT2D eigenvalue weighted by Crippen LogP contribution is 2.32. The molecule has 7 heteroatoms.